The number of hydrogen-bond donors (Lipinski definition) is 1. The molecular weight excluding hydrogens is 364 g/mol. The van der Waals surface area contributed by atoms with Crippen LogP contribution in [0.3, 0.4) is 0 Å². The van der Waals surface area contributed by atoms with Crippen molar-refractivity contribution >= 4 is 32.3 Å². The van der Waals surface area contributed by atoms with Gasteiger partial charge in [-0.2, -0.15) is 0 Å². The van der Waals surface area contributed by atoms with Crippen LogP contribution in [-0.4, -0.2) is 32.2 Å². The minimum atomic E-state index is -3.21. The number of pyridine rings is 1. The van der Waals surface area contributed by atoms with E-state index in [1.165, 1.54) is 12.1 Å². The van der Waals surface area contributed by atoms with Crippen molar-refractivity contribution in [2.24, 2.45) is 0 Å². The third kappa shape index (κ3) is 5.27. The monoisotopic (exact) mass is 384 g/mol. The number of hydrogen-bond acceptors (Lipinski definition) is 5. The molecule has 6 nitrogen and oxygen atoms in total. The van der Waals surface area contributed by atoms with Gasteiger partial charge in [-0.3, -0.25) is 9.78 Å². The van der Waals surface area contributed by atoms with E-state index in [4.69, 9.17) is 4.74 Å². The first-order valence-corrected chi connectivity index (χ1v) is 10.4. The smallest absolute Gasteiger partial charge is 0.224 e. The number of nitrogens with zero attached hydrogens (tertiary/aromatic N) is 1. The van der Waals surface area contributed by atoms with Gasteiger partial charge in [0.2, 0.25) is 5.91 Å². The highest BCUT2D eigenvalue weighted by Crippen LogP contribution is 2.17. The normalized spacial score (nSPS) is 11.3. The van der Waals surface area contributed by atoms with Crippen molar-refractivity contribution in [2.75, 3.05) is 18.2 Å². The number of para-hydroxylation sites is 1. The molecule has 27 heavy (non-hydrogen) atoms. The summed E-state index contributed by atoms with van der Waals surface area (Å²) in [5.41, 5.74) is 1.54. The van der Waals surface area contributed by atoms with Crippen LogP contribution in [-0.2, 0) is 14.6 Å². The van der Waals surface area contributed by atoms with E-state index in [2.05, 4.69) is 10.3 Å². The van der Waals surface area contributed by atoms with Gasteiger partial charge in [0, 0.05) is 18.1 Å². The molecule has 2 aromatic carbocycles. The van der Waals surface area contributed by atoms with Crippen LogP contribution < -0.4 is 10.1 Å². The Kier molecular flexibility index (Phi) is 5.71. The fourth-order valence-electron chi connectivity index (χ4n) is 2.57. The number of anilines is 1. The Hall–Kier alpha value is -2.93. The molecule has 0 aliphatic carbocycles. The van der Waals surface area contributed by atoms with Gasteiger partial charge in [-0.05, 0) is 42.8 Å². The standard InChI is InChI=1S/C20H20N2O4S/c1-27(24,25)18-10-8-17(9-11-18)26-12-4-7-20(23)22-16-13-15-5-2-3-6-19(15)21-14-16/h2-3,5-6,8-11,13-14H,4,7,12H2,1H3,(H,22,23). The number of carbonyl (C=O) groups excluding carboxylic acids is 1. The Balaban J connectivity index is 1.45. The number of benzene rings is 2. The summed E-state index contributed by atoms with van der Waals surface area (Å²) in [6.07, 6.45) is 3.65. The Labute approximate surface area is 158 Å². The van der Waals surface area contributed by atoms with Crippen LogP contribution in [0.25, 0.3) is 10.9 Å². The zero-order chi connectivity index (χ0) is 19.3. The molecule has 3 rings (SSSR count). The molecule has 1 amide bonds. The second kappa shape index (κ2) is 8.18. The Morgan fingerprint density at radius 3 is 2.59 bits per heavy atom. The molecule has 0 bridgehead atoms. The minimum Gasteiger partial charge on any atom is -0.494 e. The fraction of sp³-hybridized carbons (Fsp3) is 0.200. The van der Waals surface area contributed by atoms with Gasteiger partial charge in [-0.25, -0.2) is 8.42 Å². The maximum absolute atomic E-state index is 12.1. The van der Waals surface area contributed by atoms with Gasteiger partial charge in [-0.1, -0.05) is 18.2 Å². The SMILES string of the molecule is CS(=O)(=O)c1ccc(OCCCC(=O)Nc2cnc3ccccc3c2)cc1. The molecule has 0 saturated carbocycles. The van der Waals surface area contributed by atoms with Gasteiger partial charge in [0.25, 0.3) is 0 Å². The predicted octanol–water partition coefficient (Wildman–Crippen LogP) is 3.44. The maximum Gasteiger partial charge on any atom is 0.224 e. The van der Waals surface area contributed by atoms with E-state index in [0.29, 0.717) is 30.9 Å². The molecule has 0 radical (unpaired) electrons. The molecule has 1 N–H and O–H groups in total. The van der Waals surface area contributed by atoms with E-state index in [1.54, 1.807) is 18.3 Å². The van der Waals surface area contributed by atoms with E-state index in [9.17, 15) is 13.2 Å². The second-order valence-corrected chi connectivity index (χ2v) is 8.18. The molecule has 0 spiro atoms. The number of fused-ring (bicyclic) bond motifs is 1. The minimum absolute atomic E-state index is 0.108. The average Bonchev–Trinajstić information content (AvgIpc) is 2.65. The number of sulfone groups is 1. The van der Waals surface area contributed by atoms with E-state index in [-0.39, 0.29) is 10.8 Å². The molecule has 3 aromatic rings. The van der Waals surface area contributed by atoms with E-state index in [1.807, 2.05) is 30.3 Å². The summed E-state index contributed by atoms with van der Waals surface area (Å²) in [6, 6.07) is 15.8. The van der Waals surface area contributed by atoms with Crippen LogP contribution in [0.2, 0.25) is 0 Å². The molecular formula is C20H20N2O4S. The van der Waals surface area contributed by atoms with Crippen molar-refractivity contribution in [1.29, 1.82) is 0 Å². The molecule has 1 aromatic heterocycles. The molecule has 140 valence electrons. The highest BCUT2D eigenvalue weighted by molar-refractivity contribution is 7.90. The number of aromatic nitrogens is 1. The van der Waals surface area contributed by atoms with Gasteiger partial charge in [0.15, 0.2) is 9.84 Å². The second-order valence-electron chi connectivity index (χ2n) is 6.16. The highest BCUT2D eigenvalue weighted by Gasteiger charge is 2.07. The summed E-state index contributed by atoms with van der Waals surface area (Å²) in [6.45, 7) is 0.363. The number of nitrogens with one attached hydrogen (secondary N) is 1. The van der Waals surface area contributed by atoms with Crippen molar-refractivity contribution in [3.05, 3.63) is 60.8 Å². The largest absolute Gasteiger partial charge is 0.494 e. The van der Waals surface area contributed by atoms with Crippen LogP contribution in [0.5, 0.6) is 5.75 Å². The maximum atomic E-state index is 12.1. The van der Waals surface area contributed by atoms with Crippen LogP contribution in [0.1, 0.15) is 12.8 Å². The molecule has 7 heteroatoms. The molecule has 0 fully saturated rings. The molecule has 0 unspecified atom stereocenters. The first kappa shape index (κ1) is 18.8. The van der Waals surface area contributed by atoms with Gasteiger partial charge < -0.3 is 10.1 Å². The summed E-state index contributed by atoms with van der Waals surface area (Å²) in [5.74, 6) is 0.463. The van der Waals surface area contributed by atoms with Gasteiger partial charge in [0.05, 0.1) is 28.9 Å². The summed E-state index contributed by atoms with van der Waals surface area (Å²) >= 11 is 0. The van der Waals surface area contributed by atoms with Gasteiger partial charge >= 0.3 is 0 Å². The average molecular weight is 384 g/mol. The number of rotatable bonds is 7. The zero-order valence-electron chi connectivity index (χ0n) is 14.9. The van der Waals surface area contributed by atoms with Crippen molar-refractivity contribution in [3.8, 4) is 5.75 Å². The zero-order valence-corrected chi connectivity index (χ0v) is 15.7. The third-order valence-corrected chi connectivity index (χ3v) is 5.07. The van der Waals surface area contributed by atoms with Crippen LogP contribution in [0.15, 0.2) is 65.7 Å². The number of ether oxygens (including phenoxy) is 1. The predicted molar refractivity (Wildman–Crippen MR) is 105 cm³/mol. The summed E-state index contributed by atoms with van der Waals surface area (Å²) in [4.78, 5) is 16.6. The lowest BCUT2D eigenvalue weighted by Gasteiger charge is -2.08. The molecule has 0 atom stereocenters. The van der Waals surface area contributed by atoms with Gasteiger partial charge in [0.1, 0.15) is 5.75 Å². The lowest BCUT2D eigenvalue weighted by molar-refractivity contribution is -0.116. The Bertz CT molecular complexity index is 1050. The number of carbonyl (C=O) groups is 1. The van der Waals surface area contributed by atoms with E-state index in [0.717, 1.165) is 17.2 Å². The van der Waals surface area contributed by atoms with Crippen molar-refractivity contribution in [3.63, 3.8) is 0 Å². The van der Waals surface area contributed by atoms with Crippen molar-refractivity contribution < 1.29 is 17.9 Å². The molecule has 0 aliphatic rings. The molecule has 0 aliphatic heterocycles. The van der Waals surface area contributed by atoms with Crippen LogP contribution in [0.4, 0.5) is 5.69 Å². The van der Waals surface area contributed by atoms with Crippen molar-refractivity contribution in [2.45, 2.75) is 17.7 Å². The highest BCUT2D eigenvalue weighted by atomic mass is 32.2. The van der Waals surface area contributed by atoms with E-state index >= 15 is 0 Å². The first-order valence-electron chi connectivity index (χ1n) is 8.49. The molecule has 0 saturated heterocycles. The number of amides is 1. The lowest BCUT2D eigenvalue weighted by Crippen LogP contribution is -2.13. The topological polar surface area (TPSA) is 85.4 Å². The Morgan fingerprint density at radius 2 is 1.85 bits per heavy atom. The first-order chi connectivity index (χ1) is 12.9. The Morgan fingerprint density at radius 1 is 1.11 bits per heavy atom. The van der Waals surface area contributed by atoms with Crippen molar-refractivity contribution in [1.82, 2.24) is 4.98 Å². The lowest BCUT2D eigenvalue weighted by atomic mass is 10.2. The third-order valence-electron chi connectivity index (χ3n) is 3.94. The van der Waals surface area contributed by atoms with Crippen LogP contribution in [0, 0.1) is 0 Å². The summed E-state index contributed by atoms with van der Waals surface area (Å²) in [5, 5.41) is 3.80. The quantitative estimate of drug-likeness (QED) is 0.631. The summed E-state index contributed by atoms with van der Waals surface area (Å²) < 4.78 is 28.4. The van der Waals surface area contributed by atoms with E-state index < -0.39 is 9.84 Å². The molecule has 1 heterocycles. The summed E-state index contributed by atoms with van der Waals surface area (Å²) in [7, 11) is -3.21. The van der Waals surface area contributed by atoms with Crippen LogP contribution >= 0.6 is 0 Å². The fourth-order valence-corrected chi connectivity index (χ4v) is 3.20. The van der Waals surface area contributed by atoms with Gasteiger partial charge in [-0.15, -0.1) is 0 Å².